The van der Waals surface area contributed by atoms with E-state index < -0.39 is 6.10 Å². The third-order valence-electron chi connectivity index (χ3n) is 7.95. The van der Waals surface area contributed by atoms with Gasteiger partial charge in [0.15, 0.2) is 5.13 Å². The number of aromatic nitrogens is 1. The summed E-state index contributed by atoms with van der Waals surface area (Å²) >= 11 is 1.75. The van der Waals surface area contributed by atoms with Crippen molar-refractivity contribution >= 4 is 22.4 Å². The molecular weight excluding hydrogens is 430 g/mol. The Morgan fingerprint density at radius 1 is 1.42 bits per heavy atom. The number of carbonyl (C=O) groups excluding carboxylic acids is 1. The second-order valence-electron chi connectivity index (χ2n) is 10.2. The first-order chi connectivity index (χ1) is 15.7. The molecule has 2 N–H and O–H groups in total. The van der Waals surface area contributed by atoms with Gasteiger partial charge in [-0.25, -0.2) is 4.98 Å². The van der Waals surface area contributed by atoms with E-state index >= 15 is 0 Å². The predicted octanol–water partition coefficient (Wildman–Crippen LogP) is 4.54. The predicted molar refractivity (Wildman–Crippen MR) is 134 cm³/mol. The van der Waals surface area contributed by atoms with Gasteiger partial charge in [0.25, 0.3) is 0 Å². The highest BCUT2D eigenvalue weighted by molar-refractivity contribution is 7.15. The highest BCUT2D eigenvalue weighted by Crippen LogP contribution is 2.57. The van der Waals surface area contributed by atoms with E-state index in [9.17, 15) is 9.90 Å². The third kappa shape index (κ3) is 4.54. The standard InChI is InChI=1S/C27H35N3O2S/c1-6-14-30(5)25(32)17(2)20-12-13-27(4)15-21-23(18(3)22(27)24(20)31)29-26(33-21)28-16-19-10-8-7-9-11-19/h1,7-11,17-18,20,22,24,31H,12-16H2,2-5H3,(H,28,29)/t17-,18-,20+,22+,24-,27-/m0/s1. The Hall–Kier alpha value is -2.36. The minimum atomic E-state index is -0.535. The monoisotopic (exact) mass is 465 g/mol. The number of rotatable bonds is 6. The minimum absolute atomic E-state index is 0.0129. The lowest BCUT2D eigenvalue weighted by Crippen LogP contribution is -2.53. The lowest BCUT2D eigenvalue weighted by molar-refractivity contribution is -0.142. The molecule has 5 nitrogen and oxygen atoms in total. The Bertz CT molecular complexity index is 1030. The van der Waals surface area contributed by atoms with E-state index in [2.05, 4.69) is 37.2 Å². The highest BCUT2D eigenvalue weighted by Gasteiger charge is 2.54. The lowest BCUT2D eigenvalue weighted by Gasteiger charge is -2.53. The topological polar surface area (TPSA) is 65.5 Å². The molecule has 0 aliphatic heterocycles. The van der Waals surface area contributed by atoms with Crippen molar-refractivity contribution in [3.05, 3.63) is 46.5 Å². The zero-order valence-corrected chi connectivity index (χ0v) is 20.9. The summed E-state index contributed by atoms with van der Waals surface area (Å²) < 4.78 is 0. The van der Waals surface area contributed by atoms with Crippen LogP contribution in [0.3, 0.4) is 0 Å². The van der Waals surface area contributed by atoms with Crippen LogP contribution in [0.25, 0.3) is 0 Å². The second kappa shape index (κ2) is 9.48. The molecule has 33 heavy (non-hydrogen) atoms. The number of amides is 1. The van der Waals surface area contributed by atoms with Crippen LogP contribution in [0.5, 0.6) is 0 Å². The second-order valence-corrected chi connectivity index (χ2v) is 11.3. The molecule has 0 spiro atoms. The van der Waals surface area contributed by atoms with Gasteiger partial charge in [0.1, 0.15) is 0 Å². The fraction of sp³-hybridized carbons (Fsp3) is 0.556. The molecule has 1 aromatic heterocycles. The lowest BCUT2D eigenvalue weighted by atomic mass is 9.53. The van der Waals surface area contributed by atoms with E-state index in [0.717, 1.165) is 36.6 Å². The molecule has 1 heterocycles. The molecule has 1 aromatic carbocycles. The van der Waals surface area contributed by atoms with Crippen molar-refractivity contribution in [3.63, 3.8) is 0 Å². The van der Waals surface area contributed by atoms with Gasteiger partial charge >= 0.3 is 0 Å². The molecule has 6 atom stereocenters. The highest BCUT2D eigenvalue weighted by atomic mass is 32.1. The molecule has 2 aromatic rings. The number of benzene rings is 1. The van der Waals surface area contributed by atoms with Gasteiger partial charge in [-0.2, -0.15) is 0 Å². The summed E-state index contributed by atoms with van der Waals surface area (Å²) in [4.78, 5) is 20.8. The van der Waals surface area contributed by atoms with Crippen molar-refractivity contribution in [3.8, 4) is 12.3 Å². The van der Waals surface area contributed by atoms with Crippen LogP contribution in [0.4, 0.5) is 5.13 Å². The molecule has 2 aliphatic carbocycles. The summed E-state index contributed by atoms with van der Waals surface area (Å²) in [5, 5.41) is 16.0. The van der Waals surface area contributed by atoms with E-state index in [1.54, 1.807) is 23.3 Å². The number of aliphatic hydroxyl groups excluding tert-OH is 1. The van der Waals surface area contributed by atoms with Crippen LogP contribution >= 0.6 is 11.3 Å². The van der Waals surface area contributed by atoms with Gasteiger partial charge in [-0.3, -0.25) is 4.79 Å². The van der Waals surface area contributed by atoms with Gasteiger partial charge in [-0.1, -0.05) is 57.0 Å². The zero-order valence-electron chi connectivity index (χ0n) is 20.0. The number of hydrogen-bond donors (Lipinski definition) is 2. The Morgan fingerprint density at radius 3 is 2.85 bits per heavy atom. The van der Waals surface area contributed by atoms with Crippen molar-refractivity contribution in [2.24, 2.45) is 23.2 Å². The quantitative estimate of drug-likeness (QED) is 0.615. The third-order valence-corrected chi connectivity index (χ3v) is 8.97. The largest absolute Gasteiger partial charge is 0.392 e. The number of carbonyl (C=O) groups is 1. The molecule has 0 unspecified atom stereocenters. The Morgan fingerprint density at radius 2 is 2.15 bits per heavy atom. The molecule has 0 saturated heterocycles. The zero-order chi connectivity index (χ0) is 23.8. The number of nitrogens with one attached hydrogen (secondary N) is 1. The van der Waals surface area contributed by atoms with Crippen molar-refractivity contribution in [1.29, 1.82) is 0 Å². The average molecular weight is 466 g/mol. The average Bonchev–Trinajstić information content (AvgIpc) is 3.20. The van der Waals surface area contributed by atoms with Gasteiger partial charge in [0, 0.05) is 30.3 Å². The van der Waals surface area contributed by atoms with Crippen molar-refractivity contribution < 1.29 is 9.90 Å². The molecule has 1 saturated carbocycles. The number of aliphatic hydroxyl groups is 1. The Kier molecular flexibility index (Phi) is 6.83. The maximum atomic E-state index is 12.9. The summed E-state index contributed by atoms with van der Waals surface area (Å²) in [6.07, 6.45) is 7.65. The normalized spacial score (nSPS) is 29.3. The number of hydrogen-bond acceptors (Lipinski definition) is 5. The van der Waals surface area contributed by atoms with E-state index in [1.165, 1.54) is 10.4 Å². The van der Waals surface area contributed by atoms with Gasteiger partial charge in [-0.15, -0.1) is 17.8 Å². The molecule has 0 bridgehead atoms. The maximum absolute atomic E-state index is 12.9. The molecule has 176 valence electrons. The van der Waals surface area contributed by atoms with Crippen LogP contribution in [0, 0.1) is 35.5 Å². The summed E-state index contributed by atoms with van der Waals surface area (Å²) in [7, 11) is 1.74. The molecule has 2 aliphatic rings. The first kappa shape index (κ1) is 23.8. The van der Waals surface area contributed by atoms with E-state index in [1.807, 2.05) is 25.1 Å². The van der Waals surface area contributed by atoms with E-state index in [4.69, 9.17) is 11.4 Å². The summed E-state index contributed by atoms with van der Waals surface area (Å²) in [6.45, 7) is 7.50. The summed E-state index contributed by atoms with van der Waals surface area (Å²) in [5.41, 5.74) is 2.35. The molecule has 0 radical (unpaired) electrons. The van der Waals surface area contributed by atoms with Gasteiger partial charge in [-0.05, 0) is 42.1 Å². The molecular formula is C27H35N3O2S. The summed E-state index contributed by atoms with van der Waals surface area (Å²) in [5.74, 6) is 2.47. The van der Waals surface area contributed by atoms with Crippen LogP contribution in [0.2, 0.25) is 0 Å². The molecule has 6 heteroatoms. The molecule has 1 fully saturated rings. The number of terminal acetylenes is 1. The van der Waals surface area contributed by atoms with Crippen molar-refractivity contribution in [1.82, 2.24) is 9.88 Å². The van der Waals surface area contributed by atoms with Crippen molar-refractivity contribution in [2.45, 2.75) is 58.6 Å². The summed E-state index contributed by atoms with van der Waals surface area (Å²) in [6, 6.07) is 10.3. The Balaban J connectivity index is 1.52. The molecule has 4 rings (SSSR count). The molecule has 1 amide bonds. The smallest absolute Gasteiger partial charge is 0.226 e. The number of anilines is 1. The minimum Gasteiger partial charge on any atom is -0.392 e. The van der Waals surface area contributed by atoms with Gasteiger partial charge < -0.3 is 15.3 Å². The van der Waals surface area contributed by atoms with Crippen LogP contribution < -0.4 is 5.32 Å². The van der Waals surface area contributed by atoms with Gasteiger partial charge in [0.05, 0.1) is 18.3 Å². The van der Waals surface area contributed by atoms with Crippen molar-refractivity contribution in [2.75, 3.05) is 18.9 Å². The maximum Gasteiger partial charge on any atom is 0.226 e. The van der Waals surface area contributed by atoms with Crippen LogP contribution in [0.15, 0.2) is 30.3 Å². The van der Waals surface area contributed by atoms with Crippen LogP contribution in [0.1, 0.15) is 55.7 Å². The van der Waals surface area contributed by atoms with Crippen LogP contribution in [-0.2, 0) is 17.8 Å². The first-order valence-corrected chi connectivity index (χ1v) is 12.7. The Labute approximate surface area is 201 Å². The number of fused-ring (bicyclic) bond motifs is 2. The SMILES string of the molecule is C#CCN(C)C(=O)[C@@H](C)[C@H]1CC[C@@]2(C)Cc3sc(NCc4ccccc4)nc3[C@@H](C)[C@@H]2[C@H]1O. The fourth-order valence-corrected chi connectivity index (χ4v) is 7.40. The number of nitrogens with zero attached hydrogens (tertiary/aromatic N) is 2. The van der Waals surface area contributed by atoms with E-state index in [0.29, 0.717) is 6.54 Å². The van der Waals surface area contributed by atoms with Gasteiger partial charge in [0.2, 0.25) is 5.91 Å². The fourth-order valence-electron chi connectivity index (χ4n) is 6.14. The first-order valence-electron chi connectivity index (χ1n) is 11.9. The van der Waals surface area contributed by atoms with Crippen LogP contribution in [-0.4, -0.2) is 40.6 Å². The number of thiazole rings is 1. The van der Waals surface area contributed by atoms with E-state index in [-0.39, 0.29) is 35.0 Å².